The summed E-state index contributed by atoms with van der Waals surface area (Å²) in [4.78, 5) is 6.48. The normalized spacial score (nSPS) is 14.7. The van der Waals surface area contributed by atoms with Crippen molar-refractivity contribution in [1.29, 1.82) is 0 Å². The molecule has 0 bridgehead atoms. The predicted molar refractivity (Wildman–Crippen MR) is 77.4 cm³/mol. The lowest BCUT2D eigenvalue weighted by molar-refractivity contribution is 0.206. The van der Waals surface area contributed by atoms with Crippen molar-refractivity contribution in [3.63, 3.8) is 0 Å². The number of hydrogen-bond acceptors (Lipinski definition) is 3. The molecule has 2 atom stereocenters. The van der Waals surface area contributed by atoms with Gasteiger partial charge in [-0.1, -0.05) is 26.7 Å². The Hall–Kier alpha value is -0.930. The molecule has 0 saturated heterocycles. The van der Waals surface area contributed by atoms with Gasteiger partial charge in [0.25, 0.3) is 0 Å². The molecule has 1 rings (SSSR count). The second-order valence-corrected chi connectivity index (χ2v) is 4.99. The van der Waals surface area contributed by atoms with E-state index in [9.17, 15) is 0 Å². The zero-order valence-corrected chi connectivity index (χ0v) is 12.0. The second-order valence-electron chi connectivity index (χ2n) is 4.99. The molecule has 3 heteroatoms. The van der Waals surface area contributed by atoms with Gasteiger partial charge >= 0.3 is 0 Å². The molecule has 0 aliphatic rings. The van der Waals surface area contributed by atoms with Crippen molar-refractivity contribution in [2.24, 2.45) is 5.73 Å². The zero-order chi connectivity index (χ0) is 13.4. The number of aromatic nitrogens is 1. The van der Waals surface area contributed by atoms with Crippen molar-refractivity contribution >= 4 is 0 Å². The first-order chi connectivity index (χ1) is 8.70. The van der Waals surface area contributed by atoms with E-state index in [-0.39, 0.29) is 6.04 Å². The van der Waals surface area contributed by atoms with Gasteiger partial charge in [0.1, 0.15) is 0 Å². The van der Waals surface area contributed by atoms with Crippen LogP contribution in [0.4, 0.5) is 0 Å². The molecule has 1 aromatic rings. The highest BCUT2D eigenvalue weighted by atomic mass is 15.1. The molecule has 0 radical (unpaired) electrons. The van der Waals surface area contributed by atoms with E-state index in [0.29, 0.717) is 6.04 Å². The van der Waals surface area contributed by atoms with Crippen LogP contribution in [-0.4, -0.2) is 29.5 Å². The summed E-state index contributed by atoms with van der Waals surface area (Å²) in [6.45, 7) is 5.49. The van der Waals surface area contributed by atoms with Gasteiger partial charge in [0, 0.05) is 24.5 Å². The third kappa shape index (κ3) is 4.39. The molecule has 0 aromatic carbocycles. The van der Waals surface area contributed by atoms with Gasteiger partial charge < -0.3 is 5.73 Å². The van der Waals surface area contributed by atoms with E-state index in [1.807, 2.05) is 12.4 Å². The van der Waals surface area contributed by atoms with Crippen LogP contribution in [-0.2, 0) is 0 Å². The van der Waals surface area contributed by atoms with Crippen LogP contribution >= 0.6 is 0 Å². The van der Waals surface area contributed by atoms with Gasteiger partial charge in [-0.15, -0.1) is 0 Å². The number of likely N-dealkylation sites (N-methyl/N-ethyl adjacent to an activating group) is 1. The standard InChI is InChI=1S/C15H27N3/c1-4-6-7-12-18(3)15(14(16)5-2)13-8-10-17-11-9-13/h8-11,14-15H,4-7,12,16H2,1-3H3. The van der Waals surface area contributed by atoms with Crippen LogP contribution < -0.4 is 5.73 Å². The summed E-state index contributed by atoms with van der Waals surface area (Å²) in [5.41, 5.74) is 7.57. The SMILES string of the molecule is CCCCCN(C)C(c1ccncc1)C(N)CC. The van der Waals surface area contributed by atoms with Gasteiger partial charge in [-0.05, 0) is 44.1 Å². The highest BCUT2D eigenvalue weighted by Crippen LogP contribution is 2.23. The Bertz CT molecular complexity index is 313. The van der Waals surface area contributed by atoms with Crippen molar-refractivity contribution in [2.75, 3.05) is 13.6 Å². The zero-order valence-electron chi connectivity index (χ0n) is 12.0. The summed E-state index contributed by atoms with van der Waals surface area (Å²) in [6.07, 6.45) is 8.48. The quantitative estimate of drug-likeness (QED) is 0.720. The minimum atomic E-state index is 0.180. The second kappa shape index (κ2) is 8.22. The average molecular weight is 249 g/mol. The number of unbranched alkanes of at least 4 members (excludes halogenated alkanes) is 2. The van der Waals surface area contributed by atoms with Gasteiger partial charge in [-0.2, -0.15) is 0 Å². The van der Waals surface area contributed by atoms with Crippen LogP contribution in [0.2, 0.25) is 0 Å². The molecule has 0 fully saturated rings. The van der Waals surface area contributed by atoms with Crippen molar-refractivity contribution in [1.82, 2.24) is 9.88 Å². The Labute approximate surface area is 111 Å². The number of nitrogens with two attached hydrogens (primary N) is 1. The summed E-state index contributed by atoms with van der Waals surface area (Å²) >= 11 is 0. The first-order valence-corrected chi connectivity index (χ1v) is 7.06. The molecule has 3 nitrogen and oxygen atoms in total. The number of rotatable bonds is 8. The van der Waals surface area contributed by atoms with Crippen molar-refractivity contribution in [3.05, 3.63) is 30.1 Å². The van der Waals surface area contributed by atoms with Gasteiger partial charge in [0.05, 0.1) is 0 Å². The summed E-state index contributed by atoms with van der Waals surface area (Å²) < 4.78 is 0. The van der Waals surface area contributed by atoms with Crippen LogP contribution in [0.5, 0.6) is 0 Å². The minimum absolute atomic E-state index is 0.180. The lowest BCUT2D eigenvalue weighted by Crippen LogP contribution is -2.39. The Morgan fingerprint density at radius 2 is 1.89 bits per heavy atom. The van der Waals surface area contributed by atoms with E-state index in [1.165, 1.54) is 24.8 Å². The maximum atomic E-state index is 6.29. The monoisotopic (exact) mass is 249 g/mol. The predicted octanol–water partition coefficient (Wildman–Crippen LogP) is 2.98. The van der Waals surface area contributed by atoms with Crippen LogP contribution in [0.3, 0.4) is 0 Å². The Balaban J connectivity index is 2.72. The Kier molecular flexibility index (Phi) is 6.91. The molecule has 2 unspecified atom stereocenters. The molecular formula is C15H27N3. The Morgan fingerprint density at radius 1 is 1.22 bits per heavy atom. The van der Waals surface area contributed by atoms with Crippen LogP contribution in [0.1, 0.15) is 51.1 Å². The first-order valence-electron chi connectivity index (χ1n) is 7.06. The van der Waals surface area contributed by atoms with Gasteiger partial charge in [-0.25, -0.2) is 0 Å². The Morgan fingerprint density at radius 3 is 2.44 bits per heavy atom. The van der Waals surface area contributed by atoms with E-state index < -0.39 is 0 Å². The summed E-state index contributed by atoms with van der Waals surface area (Å²) in [5.74, 6) is 0. The number of nitrogens with zero attached hydrogens (tertiary/aromatic N) is 2. The maximum Gasteiger partial charge on any atom is 0.0497 e. The smallest absolute Gasteiger partial charge is 0.0497 e. The largest absolute Gasteiger partial charge is 0.326 e. The highest BCUT2D eigenvalue weighted by Gasteiger charge is 2.22. The topological polar surface area (TPSA) is 42.2 Å². The van der Waals surface area contributed by atoms with Gasteiger partial charge in [-0.3, -0.25) is 9.88 Å². The molecule has 18 heavy (non-hydrogen) atoms. The molecule has 0 amide bonds. The lowest BCUT2D eigenvalue weighted by atomic mass is 9.97. The van der Waals surface area contributed by atoms with Crippen LogP contribution in [0, 0.1) is 0 Å². The average Bonchev–Trinajstić information content (AvgIpc) is 2.40. The van der Waals surface area contributed by atoms with E-state index in [2.05, 4.69) is 42.9 Å². The molecule has 0 spiro atoms. The molecule has 1 heterocycles. The summed E-state index contributed by atoms with van der Waals surface area (Å²) in [5, 5.41) is 0. The fourth-order valence-electron chi connectivity index (χ4n) is 2.36. The third-order valence-electron chi connectivity index (χ3n) is 3.51. The fraction of sp³-hybridized carbons (Fsp3) is 0.667. The molecule has 2 N–H and O–H groups in total. The molecule has 0 aliphatic heterocycles. The number of pyridine rings is 1. The fourth-order valence-corrected chi connectivity index (χ4v) is 2.36. The van der Waals surface area contributed by atoms with Crippen LogP contribution in [0.25, 0.3) is 0 Å². The third-order valence-corrected chi connectivity index (χ3v) is 3.51. The molecular weight excluding hydrogens is 222 g/mol. The molecule has 0 saturated carbocycles. The van der Waals surface area contributed by atoms with Gasteiger partial charge in [0.2, 0.25) is 0 Å². The van der Waals surface area contributed by atoms with Crippen molar-refractivity contribution < 1.29 is 0 Å². The van der Waals surface area contributed by atoms with E-state index in [0.717, 1.165) is 13.0 Å². The van der Waals surface area contributed by atoms with Gasteiger partial charge in [0.15, 0.2) is 0 Å². The minimum Gasteiger partial charge on any atom is -0.326 e. The summed E-state index contributed by atoms with van der Waals surface area (Å²) in [7, 11) is 2.18. The lowest BCUT2D eigenvalue weighted by Gasteiger charge is -2.32. The van der Waals surface area contributed by atoms with E-state index >= 15 is 0 Å². The maximum absolute atomic E-state index is 6.29. The van der Waals surface area contributed by atoms with Crippen LogP contribution in [0.15, 0.2) is 24.5 Å². The van der Waals surface area contributed by atoms with Crippen molar-refractivity contribution in [3.8, 4) is 0 Å². The molecule has 1 aromatic heterocycles. The van der Waals surface area contributed by atoms with Crippen molar-refractivity contribution in [2.45, 2.75) is 51.6 Å². The van der Waals surface area contributed by atoms with E-state index in [1.54, 1.807) is 0 Å². The molecule has 0 aliphatic carbocycles. The summed E-state index contributed by atoms with van der Waals surface area (Å²) in [6, 6.07) is 4.64. The van der Waals surface area contributed by atoms with E-state index in [4.69, 9.17) is 5.73 Å². The first kappa shape index (κ1) is 15.1. The molecule has 102 valence electrons. The highest BCUT2D eigenvalue weighted by molar-refractivity contribution is 5.17. The number of hydrogen-bond donors (Lipinski definition) is 1.